The van der Waals surface area contributed by atoms with Gasteiger partial charge in [-0.15, -0.1) is 11.3 Å². The average Bonchev–Trinajstić information content (AvgIpc) is 3.47. The quantitative estimate of drug-likeness (QED) is 0.457. The van der Waals surface area contributed by atoms with Gasteiger partial charge in [-0.05, 0) is 61.2 Å². The van der Waals surface area contributed by atoms with E-state index in [9.17, 15) is 14.7 Å². The molecule has 3 aromatic rings. The summed E-state index contributed by atoms with van der Waals surface area (Å²) in [4.78, 5) is 31.5. The van der Waals surface area contributed by atoms with Crippen LogP contribution in [0.3, 0.4) is 0 Å². The summed E-state index contributed by atoms with van der Waals surface area (Å²) in [7, 11) is 0. The Labute approximate surface area is 204 Å². The topological polar surface area (TPSA) is 84.2 Å². The second kappa shape index (κ2) is 9.53. The molecule has 0 spiro atoms. The number of hydrogen-bond acceptors (Lipinski definition) is 4. The number of carbonyl (C=O) groups excluding carboxylic acids is 1. The van der Waals surface area contributed by atoms with Crippen molar-refractivity contribution in [2.24, 2.45) is 5.92 Å². The lowest BCUT2D eigenvalue weighted by molar-refractivity contribution is -0.145. The minimum Gasteiger partial charge on any atom is -0.480 e. The Morgan fingerprint density at radius 1 is 1.15 bits per heavy atom. The molecule has 5 rings (SSSR count). The normalized spacial score (nSPS) is 22.5. The van der Waals surface area contributed by atoms with Gasteiger partial charge in [0.15, 0.2) is 0 Å². The maximum absolute atomic E-state index is 13.2. The molecule has 1 amide bonds. The number of rotatable bonds is 6. The van der Waals surface area contributed by atoms with Crippen molar-refractivity contribution in [1.82, 2.24) is 14.9 Å². The number of hydrogen-bond donors (Lipinski definition) is 2. The summed E-state index contributed by atoms with van der Waals surface area (Å²) in [5.41, 5.74) is 1.19. The van der Waals surface area contributed by atoms with Crippen LogP contribution in [0.2, 0.25) is 0 Å². The molecule has 0 radical (unpaired) electrons. The fraction of sp³-hybridized carbons (Fsp3) is 0.519. The first-order valence-corrected chi connectivity index (χ1v) is 13.4. The van der Waals surface area contributed by atoms with Gasteiger partial charge in [-0.3, -0.25) is 4.79 Å². The molecule has 0 unspecified atom stereocenters. The molecule has 0 bridgehead atoms. The standard InChI is InChI=1S/C27H33N3O3S/c1-18-8-3-4-10-22(18)30-23-12-11-19(16-21(23)28-24(30)17-20-9-7-15-34-20)25(31)29-27(26(32)33)13-5-2-6-14-27/h7,9,11-12,15-16,18,22H,2-6,8,10,13-14,17H2,1H3,(H,29,31)(H,32,33)/t18-,22-/m1/s1. The average molecular weight is 480 g/mol. The Morgan fingerprint density at radius 3 is 2.65 bits per heavy atom. The SMILES string of the molecule is C[C@@H]1CCCC[C@H]1n1c(Cc2cccs2)nc2cc(C(=O)NC3(C(=O)O)CCCCC3)ccc21. The van der Waals surface area contributed by atoms with Crippen LogP contribution in [0.5, 0.6) is 0 Å². The first-order chi connectivity index (χ1) is 16.5. The number of aromatic nitrogens is 2. The van der Waals surface area contributed by atoms with Crippen LogP contribution in [-0.4, -0.2) is 32.1 Å². The van der Waals surface area contributed by atoms with Crippen LogP contribution in [0.25, 0.3) is 11.0 Å². The number of fused-ring (bicyclic) bond motifs is 1. The van der Waals surface area contributed by atoms with E-state index in [1.807, 2.05) is 18.2 Å². The number of aliphatic carboxylic acids is 1. The molecule has 2 aliphatic carbocycles. The molecule has 2 N–H and O–H groups in total. The predicted molar refractivity (Wildman–Crippen MR) is 134 cm³/mol. The van der Waals surface area contributed by atoms with E-state index in [1.165, 1.54) is 24.1 Å². The molecular weight excluding hydrogens is 446 g/mol. The summed E-state index contributed by atoms with van der Waals surface area (Å²) in [6.07, 6.45) is 9.27. The molecule has 2 saturated carbocycles. The second-order valence-electron chi connectivity index (χ2n) is 10.1. The Bertz CT molecular complexity index is 1180. The van der Waals surface area contributed by atoms with Gasteiger partial charge >= 0.3 is 5.97 Å². The summed E-state index contributed by atoms with van der Waals surface area (Å²) >= 11 is 1.74. The third-order valence-electron chi connectivity index (χ3n) is 7.80. The molecule has 7 heteroatoms. The van der Waals surface area contributed by atoms with Gasteiger partial charge in [-0.1, -0.05) is 45.1 Å². The van der Waals surface area contributed by atoms with Crippen LogP contribution in [0.15, 0.2) is 35.7 Å². The molecule has 2 aromatic heterocycles. The van der Waals surface area contributed by atoms with E-state index >= 15 is 0 Å². The first kappa shape index (κ1) is 23.1. The van der Waals surface area contributed by atoms with Crippen LogP contribution in [0.4, 0.5) is 0 Å². The zero-order chi connectivity index (χ0) is 23.7. The van der Waals surface area contributed by atoms with Crippen molar-refractivity contribution in [3.05, 3.63) is 52.0 Å². The van der Waals surface area contributed by atoms with Crippen LogP contribution in [0, 0.1) is 5.92 Å². The number of carboxylic acids is 1. The van der Waals surface area contributed by atoms with Crippen molar-refractivity contribution >= 4 is 34.2 Å². The van der Waals surface area contributed by atoms with E-state index in [1.54, 1.807) is 11.3 Å². The second-order valence-corrected chi connectivity index (χ2v) is 11.1. The van der Waals surface area contributed by atoms with Crippen molar-refractivity contribution in [3.8, 4) is 0 Å². The molecule has 34 heavy (non-hydrogen) atoms. The summed E-state index contributed by atoms with van der Waals surface area (Å²) in [6, 6.07) is 10.3. The number of carbonyl (C=O) groups is 2. The van der Waals surface area contributed by atoms with Gasteiger partial charge in [0, 0.05) is 22.9 Å². The summed E-state index contributed by atoms with van der Waals surface area (Å²) < 4.78 is 2.42. The van der Waals surface area contributed by atoms with Gasteiger partial charge in [-0.25, -0.2) is 9.78 Å². The van der Waals surface area contributed by atoms with Gasteiger partial charge < -0.3 is 15.0 Å². The molecule has 0 saturated heterocycles. The zero-order valence-electron chi connectivity index (χ0n) is 19.8. The fourth-order valence-electron chi connectivity index (χ4n) is 5.87. The van der Waals surface area contributed by atoms with Crippen LogP contribution in [-0.2, 0) is 11.2 Å². The van der Waals surface area contributed by atoms with Gasteiger partial charge in [0.05, 0.1) is 11.0 Å². The van der Waals surface area contributed by atoms with Gasteiger partial charge in [0.1, 0.15) is 11.4 Å². The maximum Gasteiger partial charge on any atom is 0.329 e. The minimum atomic E-state index is -1.16. The minimum absolute atomic E-state index is 0.327. The van der Waals surface area contributed by atoms with Crippen molar-refractivity contribution in [3.63, 3.8) is 0 Å². The Morgan fingerprint density at radius 2 is 1.94 bits per heavy atom. The molecule has 1 aromatic carbocycles. The van der Waals surface area contributed by atoms with Crippen molar-refractivity contribution in [2.45, 2.75) is 82.7 Å². The molecule has 2 aliphatic rings. The maximum atomic E-state index is 13.2. The largest absolute Gasteiger partial charge is 0.480 e. The van der Waals surface area contributed by atoms with E-state index in [4.69, 9.17) is 4.98 Å². The van der Waals surface area contributed by atoms with Gasteiger partial charge in [0.25, 0.3) is 5.91 Å². The van der Waals surface area contributed by atoms with Gasteiger partial charge in [-0.2, -0.15) is 0 Å². The van der Waals surface area contributed by atoms with Crippen molar-refractivity contribution in [2.75, 3.05) is 0 Å². The molecule has 2 heterocycles. The molecule has 2 atom stereocenters. The van der Waals surface area contributed by atoms with E-state index in [-0.39, 0.29) is 5.91 Å². The lowest BCUT2D eigenvalue weighted by Crippen LogP contribution is -2.55. The number of nitrogens with one attached hydrogen (secondary N) is 1. The molecular formula is C27H33N3O3S. The van der Waals surface area contributed by atoms with E-state index in [0.717, 1.165) is 49.0 Å². The lowest BCUT2D eigenvalue weighted by atomic mass is 9.81. The van der Waals surface area contributed by atoms with E-state index in [0.29, 0.717) is 30.4 Å². The highest BCUT2D eigenvalue weighted by atomic mass is 32.1. The van der Waals surface area contributed by atoms with Crippen LogP contribution < -0.4 is 5.32 Å². The first-order valence-electron chi connectivity index (χ1n) is 12.6. The number of amides is 1. The predicted octanol–water partition coefficient (Wildman–Crippen LogP) is 5.96. The highest BCUT2D eigenvalue weighted by Gasteiger charge is 2.41. The number of thiophene rings is 1. The third-order valence-corrected chi connectivity index (χ3v) is 8.68. The van der Waals surface area contributed by atoms with Crippen molar-refractivity contribution < 1.29 is 14.7 Å². The van der Waals surface area contributed by atoms with Crippen LogP contribution >= 0.6 is 11.3 Å². The van der Waals surface area contributed by atoms with Crippen LogP contribution in [0.1, 0.15) is 91.8 Å². The van der Waals surface area contributed by atoms with Crippen molar-refractivity contribution in [1.29, 1.82) is 0 Å². The fourth-order valence-corrected chi connectivity index (χ4v) is 6.57. The number of nitrogens with zero attached hydrogens (tertiary/aromatic N) is 2. The summed E-state index contributed by atoms with van der Waals surface area (Å²) in [6.45, 7) is 2.34. The number of carboxylic acid groups (broad SMARTS) is 1. The smallest absolute Gasteiger partial charge is 0.329 e. The Kier molecular flexibility index (Phi) is 6.47. The molecule has 6 nitrogen and oxygen atoms in total. The Balaban J connectivity index is 1.50. The highest BCUT2D eigenvalue weighted by molar-refractivity contribution is 7.09. The van der Waals surface area contributed by atoms with Gasteiger partial charge in [0.2, 0.25) is 0 Å². The third kappa shape index (κ3) is 4.38. The molecule has 2 fully saturated rings. The molecule has 180 valence electrons. The summed E-state index contributed by atoms with van der Waals surface area (Å²) in [5.74, 6) is 0.364. The van der Waals surface area contributed by atoms with E-state index in [2.05, 4.69) is 34.3 Å². The Hall–Kier alpha value is -2.67. The van der Waals surface area contributed by atoms with E-state index < -0.39 is 11.5 Å². The lowest BCUT2D eigenvalue weighted by Gasteiger charge is -2.34. The zero-order valence-corrected chi connectivity index (χ0v) is 20.6. The summed E-state index contributed by atoms with van der Waals surface area (Å²) in [5, 5.41) is 14.8. The molecule has 0 aliphatic heterocycles. The highest BCUT2D eigenvalue weighted by Crippen LogP contribution is 2.37. The number of imidazole rings is 1. The monoisotopic (exact) mass is 479 g/mol. The number of benzene rings is 1.